The maximum Gasteiger partial charge on any atom is 0.254 e. The first-order valence-electron chi connectivity index (χ1n) is 5.64. The molecule has 0 radical (unpaired) electrons. The minimum absolute atomic E-state index is 0.241. The largest absolute Gasteiger partial charge is 0.467 e. The van der Waals surface area contributed by atoms with E-state index < -0.39 is 5.95 Å². The number of nitrogens with zero attached hydrogens (tertiary/aromatic N) is 2. The third-order valence-electron chi connectivity index (χ3n) is 2.57. The summed E-state index contributed by atoms with van der Waals surface area (Å²) in [4.78, 5) is 17.1. The van der Waals surface area contributed by atoms with E-state index in [-0.39, 0.29) is 11.5 Å². The van der Waals surface area contributed by atoms with Crippen LogP contribution in [0, 0.1) is 5.95 Å². The SMILES string of the molecule is CCN(Cc1ccco1)C(=O)c1ccnc(F)c1. The second-order valence-electron chi connectivity index (χ2n) is 3.77. The summed E-state index contributed by atoms with van der Waals surface area (Å²) in [6, 6.07) is 6.19. The fraction of sp³-hybridized carbons (Fsp3) is 0.231. The van der Waals surface area contributed by atoms with Crippen molar-refractivity contribution in [1.29, 1.82) is 0 Å². The normalized spacial score (nSPS) is 10.3. The predicted octanol–water partition coefficient (Wildman–Crippen LogP) is 2.48. The highest BCUT2D eigenvalue weighted by Crippen LogP contribution is 2.10. The molecule has 0 fully saturated rings. The number of furan rings is 1. The lowest BCUT2D eigenvalue weighted by Gasteiger charge is -2.19. The molecule has 0 bridgehead atoms. The molecule has 0 unspecified atom stereocenters. The zero-order chi connectivity index (χ0) is 13.0. The summed E-state index contributed by atoms with van der Waals surface area (Å²) in [7, 11) is 0. The van der Waals surface area contributed by atoms with E-state index in [9.17, 15) is 9.18 Å². The standard InChI is InChI=1S/C13H13FN2O2/c1-2-16(9-11-4-3-7-18-11)13(17)10-5-6-15-12(14)8-10/h3-8H,2,9H2,1H3. The van der Waals surface area contributed by atoms with E-state index in [0.717, 1.165) is 6.07 Å². The van der Waals surface area contributed by atoms with Crippen LogP contribution in [0.5, 0.6) is 0 Å². The molecule has 4 nitrogen and oxygen atoms in total. The fourth-order valence-electron chi connectivity index (χ4n) is 1.64. The Bertz CT molecular complexity index is 526. The molecule has 0 aliphatic heterocycles. The van der Waals surface area contributed by atoms with E-state index in [0.29, 0.717) is 18.8 Å². The zero-order valence-electron chi connectivity index (χ0n) is 9.97. The van der Waals surface area contributed by atoms with Crippen LogP contribution in [0.3, 0.4) is 0 Å². The molecule has 0 aliphatic rings. The Morgan fingerprint density at radius 2 is 2.33 bits per heavy atom. The van der Waals surface area contributed by atoms with Gasteiger partial charge in [0.25, 0.3) is 5.91 Å². The zero-order valence-corrected chi connectivity index (χ0v) is 9.97. The molecule has 2 aromatic heterocycles. The van der Waals surface area contributed by atoms with Gasteiger partial charge in [0.05, 0.1) is 12.8 Å². The topological polar surface area (TPSA) is 46.3 Å². The number of carbonyl (C=O) groups is 1. The summed E-state index contributed by atoms with van der Waals surface area (Å²) in [6.07, 6.45) is 2.84. The molecule has 0 aliphatic carbocycles. The average molecular weight is 248 g/mol. The van der Waals surface area contributed by atoms with Gasteiger partial charge < -0.3 is 9.32 Å². The maximum atomic E-state index is 13.0. The van der Waals surface area contributed by atoms with Crippen molar-refractivity contribution in [2.24, 2.45) is 0 Å². The van der Waals surface area contributed by atoms with Gasteiger partial charge in [-0.2, -0.15) is 4.39 Å². The molecular formula is C13H13FN2O2. The monoisotopic (exact) mass is 248 g/mol. The van der Waals surface area contributed by atoms with Gasteiger partial charge >= 0.3 is 0 Å². The van der Waals surface area contributed by atoms with E-state index >= 15 is 0 Å². The van der Waals surface area contributed by atoms with Crippen LogP contribution in [-0.2, 0) is 6.54 Å². The lowest BCUT2D eigenvalue weighted by atomic mass is 10.2. The smallest absolute Gasteiger partial charge is 0.254 e. The number of hydrogen-bond donors (Lipinski definition) is 0. The Morgan fingerprint density at radius 1 is 1.50 bits per heavy atom. The molecule has 2 aromatic rings. The summed E-state index contributed by atoms with van der Waals surface area (Å²) < 4.78 is 18.2. The maximum absolute atomic E-state index is 13.0. The van der Waals surface area contributed by atoms with Crippen LogP contribution < -0.4 is 0 Å². The van der Waals surface area contributed by atoms with Crippen molar-refractivity contribution in [2.75, 3.05) is 6.54 Å². The first-order valence-corrected chi connectivity index (χ1v) is 5.64. The second kappa shape index (κ2) is 5.44. The molecule has 2 rings (SSSR count). The third kappa shape index (κ3) is 2.74. The van der Waals surface area contributed by atoms with E-state index in [1.807, 2.05) is 6.92 Å². The number of aromatic nitrogens is 1. The van der Waals surface area contributed by atoms with Crippen LogP contribution in [0.4, 0.5) is 4.39 Å². The summed E-state index contributed by atoms with van der Waals surface area (Å²) in [5.41, 5.74) is 0.288. The minimum atomic E-state index is -0.657. The molecule has 0 atom stereocenters. The van der Waals surface area contributed by atoms with Crippen LogP contribution in [0.2, 0.25) is 0 Å². The summed E-state index contributed by atoms with van der Waals surface area (Å²) in [6.45, 7) is 2.74. The minimum Gasteiger partial charge on any atom is -0.467 e. The first kappa shape index (κ1) is 12.3. The highest BCUT2D eigenvalue weighted by molar-refractivity contribution is 5.94. The molecule has 0 N–H and O–H groups in total. The Morgan fingerprint density at radius 3 is 2.94 bits per heavy atom. The van der Waals surface area contributed by atoms with Crippen molar-refractivity contribution in [3.63, 3.8) is 0 Å². The summed E-state index contributed by atoms with van der Waals surface area (Å²) in [5, 5.41) is 0. The van der Waals surface area contributed by atoms with E-state index in [2.05, 4.69) is 4.98 Å². The van der Waals surface area contributed by atoms with Crippen LogP contribution in [0.25, 0.3) is 0 Å². The molecule has 0 saturated heterocycles. The van der Waals surface area contributed by atoms with Gasteiger partial charge in [-0.05, 0) is 25.1 Å². The number of carbonyl (C=O) groups excluding carboxylic acids is 1. The predicted molar refractivity (Wildman–Crippen MR) is 63.3 cm³/mol. The van der Waals surface area contributed by atoms with E-state index in [1.165, 1.54) is 12.3 Å². The van der Waals surface area contributed by atoms with Crippen LogP contribution in [0.1, 0.15) is 23.0 Å². The van der Waals surface area contributed by atoms with Crippen molar-refractivity contribution in [3.8, 4) is 0 Å². The molecule has 5 heteroatoms. The highest BCUT2D eigenvalue weighted by atomic mass is 19.1. The molecule has 0 spiro atoms. The summed E-state index contributed by atoms with van der Waals surface area (Å²) >= 11 is 0. The second-order valence-corrected chi connectivity index (χ2v) is 3.77. The van der Waals surface area contributed by atoms with Crippen molar-refractivity contribution in [1.82, 2.24) is 9.88 Å². The Kier molecular flexibility index (Phi) is 3.72. The summed E-state index contributed by atoms with van der Waals surface area (Å²) in [5.74, 6) is -0.204. The molecule has 2 heterocycles. The van der Waals surface area contributed by atoms with E-state index in [1.54, 1.807) is 23.3 Å². The van der Waals surface area contributed by atoms with E-state index in [4.69, 9.17) is 4.42 Å². The number of hydrogen-bond acceptors (Lipinski definition) is 3. The van der Waals surface area contributed by atoms with Crippen LogP contribution >= 0.6 is 0 Å². The molecule has 94 valence electrons. The van der Waals surface area contributed by atoms with Gasteiger partial charge in [-0.1, -0.05) is 0 Å². The number of halogens is 1. The fourth-order valence-corrected chi connectivity index (χ4v) is 1.64. The Balaban J connectivity index is 2.15. The molecule has 0 saturated carbocycles. The average Bonchev–Trinajstić information content (AvgIpc) is 2.88. The van der Waals surface area contributed by atoms with Crippen molar-refractivity contribution < 1.29 is 13.6 Å². The van der Waals surface area contributed by atoms with Gasteiger partial charge in [0, 0.05) is 24.4 Å². The molecule has 18 heavy (non-hydrogen) atoms. The molecular weight excluding hydrogens is 235 g/mol. The Labute approximate surface area is 104 Å². The van der Waals surface area contributed by atoms with Crippen molar-refractivity contribution in [2.45, 2.75) is 13.5 Å². The van der Waals surface area contributed by atoms with Crippen molar-refractivity contribution in [3.05, 3.63) is 54.0 Å². The quantitative estimate of drug-likeness (QED) is 0.781. The number of pyridine rings is 1. The van der Waals surface area contributed by atoms with Gasteiger partial charge in [0.15, 0.2) is 0 Å². The van der Waals surface area contributed by atoms with Crippen LogP contribution in [-0.4, -0.2) is 22.3 Å². The van der Waals surface area contributed by atoms with Gasteiger partial charge in [0.2, 0.25) is 5.95 Å². The first-order chi connectivity index (χ1) is 8.70. The lowest BCUT2D eigenvalue weighted by Crippen LogP contribution is -2.30. The van der Waals surface area contributed by atoms with Crippen LogP contribution in [0.15, 0.2) is 41.1 Å². The van der Waals surface area contributed by atoms with Gasteiger partial charge in [-0.25, -0.2) is 4.98 Å². The lowest BCUT2D eigenvalue weighted by molar-refractivity contribution is 0.0740. The molecule has 1 amide bonds. The molecule has 0 aromatic carbocycles. The number of amides is 1. The van der Waals surface area contributed by atoms with Crippen molar-refractivity contribution >= 4 is 5.91 Å². The highest BCUT2D eigenvalue weighted by Gasteiger charge is 2.16. The van der Waals surface area contributed by atoms with Gasteiger partial charge in [-0.15, -0.1) is 0 Å². The van der Waals surface area contributed by atoms with Gasteiger partial charge in [-0.3, -0.25) is 4.79 Å². The Hall–Kier alpha value is -2.17. The third-order valence-corrected chi connectivity index (χ3v) is 2.57. The van der Waals surface area contributed by atoms with Gasteiger partial charge in [0.1, 0.15) is 5.76 Å². The number of rotatable bonds is 4.